The van der Waals surface area contributed by atoms with E-state index in [4.69, 9.17) is 9.47 Å². The van der Waals surface area contributed by atoms with Crippen molar-refractivity contribution in [2.75, 3.05) is 19.7 Å². The van der Waals surface area contributed by atoms with Gasteiger partial charge in [-0.25, -0.2) is 4.79 Å². The normalized spacial score (nSPS) is 19.5. The van der Waals surface area contributed by atoms with Gasteiger partial charge in [-0.15, -0.1) is 0 Å². The van der Waals surface area contributed by atoms with Gasteiger partial charge in [-0.1, -0.05) is 12.2 Å². The molecule has 0 radical (unpaired) electrons. The molecule has 23 heavy (non-hydrogen) atoms. The van der Waals surface area contributed by atoms with Crippen LogP contribution in [0.25, 0.3) is 0 Å². The predicted octanol–water partition coefficient (Wildman–Crippen LogP) is 2.53. The van der Waals surface area contributed by atoms with E-state index in [1.54, 1.807) is 0 Å². The van der Waals surface area contributed by atoms with Crippen LogP contribution in [0.2, 0.25) is 0 Å². The maximum absolute atomic E-state index is 11.7. The molecule has 0 aromatic heterocycles. The fourth-order valence-corrected chi connectivity index (χ4v) is 2.24. The molecular formula is C17H30N2O4. The first-order valence-corrected chi connectivity index (χ1v) is 8.55. The summed E-state index contributed by atoms with van der Waals surface area (Å²) < 4.78 is 10.6. The van der Waals surface area contributed by atoms with Crippen molar-refractivity contribution in [2.45, 2.75) is 64.6 Å². The minimum atomic E-state index is -0.367. The fraction of sp³-hybridized carbons (Fsp3) is 0.765. The van der Waals surface area contributed by atoms with Crippen molar-refractivity contribution in [1.82, 2.24) is 10.6 Å². The van der Waals surface area contributed by atoms with E-state index in [2.05, 4.69) is 22.8 Å². The Morgan fingerprint density at radius 1 is 1.13 bits per heavy atom. The summed E-state index contributed by atoms with van der Waals surface area (Å²) in [5.74, 6) is -0.135. The molecule has 132 valence electrons. The van der Waals surface area contributed by atoms with Crippen LogP contribution in [0, 0.1) is 0 Å². The second-order valence-electron chi connectivity index (χ2n) is 6.00. The molecular weight excluding hydrogens is 296 g/mol. The van der Waals surface area contributed by atoms with E-state index in [9.17, 15) is 9.59 Å². The number of ether oxygens (including phenoxy) is 2. The van der Waals surface area contributed by atoms with Crippen molar-refractivity contribution in [3.63, 3.8) is 0 Å². The van der Waals surface area contributed by atoms with Crippen molar-refractivity contribution in [2.24, 2.45) is 0 Å². The molecule has 0 fully saturated rings. The Morgan fingerprint density at radius 2 is 1.87 bits per heavy atom. The van der Waals surface area contributed by atoms with Crippen LogP contribution in [0.3, 0.4) is 0 Å². The van der Waals surface area contributed by atoms with E-state index < -0.39 is 0 Å². The molecule has 0 aromatic carbocycles. The van der Waals surface area contributed by atoms with Gasteiger partial charge in [0.1, 0.15) is 12.7 Å². The number of carbonyl (C=O) groups is 2. The van der Waals surface area contributed by atoms with Crippen LogP contribution in [-0.2, 0) is 14.3 Å². The largest absolute Gasteiger partial charge is 0.446 e. The SMILES string of the molecule is CC(C)OCC(=O)NCCCNC(=O)OC1CC/C=C/CCC1. The van der Waals surface area contributed by atoms with Crippen LogP contribution in [0.5, 0.6) is 0 Å². The second-order valence-corrected chi connectivity index (χ2v) is 6.00. The minimum absolute atomic E-state index is 0.00725. The highest BCUT2D eigenvalue weighted by Crippen LogP contribution is 2.15. The molecule has 0 spiro atoms. The maximum Gasteiger partial charge on any atom is 0.407 e. The standard InChI is InChI=1S/C17H30N2O4/c1-14(2)22-13-16(20)18-11-8-12-19-17(21)23-15-9-6-4-3-5-7-10-15/h3-4,14-15H,5-13H2,1-2H3,(H,18,20)(H,19,21)/b4-3+. The number of alkyl carbamates (subject to hydrolysis) is 1. The summed E-state index contributed by atoms with van der Waals surface area (Å²) in [6.45, 7) is 4.83. The summed E-state index contributed by atoms with van der Waals surface area (Å²) in [5.41, 5.74) is 0. The van der Waals surface area contributed by atoms with Gasteiger partial charge in [-0.2, -0.15) is 0 Å². The lowest BCUT2D eigenvalue weighted by Gasteiger charge is -2.18. The van der Waals surface area contributed by atoms with Crippen LogP contribution in [0.15, 0.2) is 12.2 Å². The third-order valence-corrected chi connectivity index (χ3v) is 3.49. The highest BCUT2D eigenvalue weighted by Gasteiger charge is 2.14. The third-order valence-electron chi connectivity index (χ3n) is 3.49. The highest BCUT2D eigenvalue weighted by molar-refractivity contribution is 5.77. The van der Waals surface area contributed by atoms with Crippen molar-refractivity contribution < 1.29 is 19.1 Å². The molecule has 0 bridgehead atoms. The molecule has 2 N–H and O–H groups in total. The lowest BCUT2D eigenvalue weighted by Crippen LogP contribution is -2.33. The quantitative estimate of drug-likeness (QED) is 0.531. The molecule has 1 aliphatic carbocycles. The third kappa shape index (κ3) is 10.7. The highest BCUT2D eigenvalue weighted by atomic mass is 16.6. The number of rotatable bonds is 8. The van der Waals surface area contributed by atoms with Gasteiger partial charge in [0.05, 0.1) is 6.10 Å². The molecule has 1 atom stereocenters. The summed E-state index contributed by atoms with van der Waals surface area (Å²) in [6.07, 6.45) is 9.57. The summed E-state index contributed by atoms with van der Waals surface area (Å²) in [5, 5.41) is 5.47. The van der Waals surface area contributed by atoms with E-state index in [1.807, 2.05) is 13.8 Å². The Morgan fingerprint density at radius 3 is 2.65 bits per heavy atom. The molecule has 0 aliphatic heterocycles. The van der Waals surface area contributed by atoms with Gasteiger partial charge >= 0.3 is 6.09 Å². The summed E-state index contributed by atoms with van der Waals surface area (Å²) in [4.78, 5) is 23.1. The molecule has 0 heterocycles. The second kappa shape index (κ2) is 11.9. The van der Waals surface area contributed by atoms with Crippen LogP contribution < -0.4 is 10.6 Å². The van der Waals surface area contributed by atoms with Gasteiger partial charge in [-0.05, 0) is 52.4 Å². The Labute approximate surface area is 139 Å². The summed E-state index contributed by atoms with van der Waals surface area (Å²) >= 11 is 0. The molecule has 1 unspecified atom stereocenters. The number of carbonyl (C=O) groups excluding carboxylic acids is 2. The first kappa shape index (κ1) is 19.5. The van der Waals surface area contributed by atoms with Crippen molar-refractivity contribution in [1.29, 1.82) is 0 Å². The summed E-state index contributed by atoms with van der Waals surface area (Å²) in [6, 6.07) is 0. The van der Waals surface area contributed by atoms with Gasteiger partial charge in [0, 0.05) is 13.1 Å². The van der Waals surface area contributed by atoms with E-state index in [0.717, 1.165) is 32.1 Å². The topological polar surface area (TPSA) is 76.7 Å². The Bertz CT molecular complexity index is 383. The molecule has 0 saturated carbocycles. The van der Waals surface area contributed by atoms with Crippen LogP contribution in [0.1, 0.15) is 52.4 Å². The Kier molecular flexibility index (Phi) is 10.1. The Balaban J connectivity index is 2.03. The summed E-state index contributed by atoms with van der Waals surface area (Å²) in [7, 11) is 0. The van der Waals surface area contributed by atoms with E-state index in [-0.39, 0.29) is 30.8 Å². The van der Waals surface area contributed by atoms with Gasteiger partial charge < -0.3 is 20.1 Å². The van der Waals surface area contributed by atoms with Gasteiger partial charge in [0.15, 0.2) is 0 Å². The maximum atomic E-state index is 11.7. The van der Waals surface area contributed by atoms with Gasteiger partial charge in [-0.3, -0.25) is 4.79 Å². The minimum Gasteiger partial charge on any atom is -0.446 e. The lowest BCUT2D eigenvalue weighted by molar-refractivity contribution is -0.127. The van der Waals surface area contributed by atoms with Gasteiger partial charge in [0.2, 0.25) is 5.91 Å². The molecule has 1 aliphatic rings. The first-order valence-electron chi connectivity index (χ1n) is 8.55. The molecule has 1 rings (SSSR count). The van der Waals surface area contributed by atoms with E-state index in [0.29, 0.717) is 19.5 Å². The average molecular weight is 326 g/mol. The van der Waals surface area contributed by atoms with Crippen LogP contribution >= 0.6 is 0 Å². The number of allylic oxidation sites excluding steroid dienone is 2. The molecule has 6 nitrogen and oxygen atoms in total. The number of hydrogen-bond donors (Lipinski definition) is 2. The van der Waals surface area contributed by atoms with E-state index >= 15 is 0 Å². The molecule has 0 saturated heterocycles. The van der Waals surface area contributed by atoms with Crippen molar-refractivity contribution >= 4 is 12.0 Å². The van der Waals surface area contributed by atoms with Crippen molar-refractivity contribution in [3.05, 3.63) is 12.2 Å². The zero-order chi connectivity index (χ0) is 16.9. The van der Waals surface area contributed by atoms with E-state index in [1.165, 1.54) is 0 Å². The lowest BCUT2D eigenvalue weighted by atomic mass is 10.0. The van der Waals surface area contributed by atoms with Crippen LogP contribution in [-0.4, -0.2) is 43.9 Å². The zero-order valence-electron chi connectivity index (χ0n) is 14.3. The average Bonchev–Trinajstić information content (AvgIpc) is 2.47. The number of hydrogen-bond acceptors (Lipinski definition) is 4. The molecule has 2 amide bonds. The molecule has 6 heteroatoms. The first-order chi connectivity index (χ1) is 11.1. The van der Waals surface area contributed by atoms with Gasteiger partial charge in [0.25, 0.3) is 0 Å². The number of amides is 2. The smallest absolute Gasteiger partial charge is 0.407 e. The number of nitrogens with one attached hydrogen (secondary N) is 2. The molecule has 0 aromatic rings. The monoisotopic (exact) mass is 326 g/mol. The predicted molar refractivity (Wildman–Crippen MR) is 89.2 cm³/mol. The zero-order valence-corrected chi connectivity index (χ0v) is 14.3. The fourth-order valence-electron chi connectivity index (χ4n) is 2.24. The van der Waals surface area contributed by atoms with Crippen molar-refractivity contribution in [3.8, 4) is 0 Å². The van der Waals surface area contributed by atoms with Crippen LogP contribution in [0.4, 0.5) is 4.79 Å². The Hall–Kier alpha value is -1.56.